The smallest absolute Gasteiger partial charge is 0.236 e. The van der Waals surface area contributed by atoms with Gasteiger partial charge in [-0.2, -0.15) is 5.10 Å². The molecule has 1 amide bonds. The number of rotatable bonds is 6. The lowest BCUT2D eigenvalue weighted by Crippen LogP contribution is -2.12. The van der Waals surface area contributed by atoms with Crippen LogP contribution in [-0.4, -0.2) is 25.3 Å². The fourth-order valence-corrected chi connectivity index (χ4v) is 1.95. The van der Waals surface area contributed by atoms with Gasteiger partial charge in [0, 0.05) is 6.92 Å². The number of hydrogen-bond donors (Lipinski definition) is 1. The minimum Gasteiger partial charge on any atom is -0.490 e. The van der Waals surface area contributed by atoms with E-state index in [1.165, 1.54) is 13.1 Å². The van der Waals surface area contributed by atoms with Crippen LogP contribution >= 0.6 is 15.9 Å². The van der Waals surface area contributed by atoms with Gasteiger partial charge in [0.2, 0.25) is 5.91 Å². The molecule has 0 heterocycles. The monoisotopic (exact) mass is 338 g/mol. The topological polar surface area (TPSA) is 59.9 Å². The highest BCUT2D eigenvalue weighted by atomic mass is 79.9. The minimum atomic E-state index is -0.237. The summed E-state index contributed by atoms with van der Waals surface area (Å²) in [6.07, 6.45) is 6.70. The number of hydrazone groups is 1. The zero-order valence-corrected chi connectivity index (χ0v) is 12.9. The van der Waals surface area contributed by atoms with Crippen LogP contribution in [0.3, 0.4) is 0 Å². The standard InChI is InChI=1S/C14H15BrN2O3/c1-4-6-20-14-12(15)7-11(8-13(14)19-5-2)9-16-17-10(3)18/h1,7-9H,5-6H2,2-3H3,(H,17,18). The van der Waals surface area contributed by atoms with Crippen LogP contribution in [0.15, 0.2) is 21.7 Å². The van der Waals surface area contributed by atoms with E-state index >= 15 is 0 Å². The summed E-state index contributed by atoms with van der Waals surface area (Å²) in [6.45, 7) is 3.90. The Labute approximate surface area is 126 Å². The summed E-state index contributed by atoms with van der Waals surface area (Å²) >= 11 is 3.40. The molecule has 0 unspecified atom stereocenters. The molecule has 0 atom stereocenters. The third-order valence-electron chi connectivity index (χ3n) is 2.07. The SMILES string of the molecule is C#CCOc1c(Br)cc(C=NNC(C)=O)cc1OCC. The van der Waals surface area contributed by atoms with Gasteiger partial charge >= 0.3 is 0 Å². The van der Waals surface area contributed by atoms with Gasteiger partial charge in [0.05, 0.1) is 17.3 Å². The Hall–Kier alpha value is -2.00. The molecule has 0 aromatic heterocycles. The van der Waals surface area contributed by atoms with E-state index in [-0.39, 0.29) is 12.5 Å². The zero-order valence-electron chi connectivity index (χ0n) is 11.3. The van der Waals surface area contributed by atoms with Gasteiger partial charge < -0.3 is 9.47 Å². The van der Waals surface area contributed by atoms with E-state index in [9.17, 15) is 4.79 Å². The lowest BCUT2D eigenvalue weighted by atomic mass is 10.2. The number of carbonyl (C=O) groups excluding carboxylic acids is 1. The van der Waals surface area contributed by atoms with Crippen molar-refractivity contribution >= 4 is 28.1 Å². The van der Waals surface area contributed by atoms with E-state index in [1.807, 2.05) is 6.92 Å². The molecule has 1 aromatic rings. The Kier molecular flexibility index (Phi) is 6.60. The second-order valence-corrected chi connectivity index (χ2v) is 4.54. The molecule has 0 aliphatic heterocycles. The fraction of sp³-hybridized carbons (Fsp3) is 0.286. The molecule has 0 bridgehead atoms. The number of nitrogens with one attached hydrogen (secondary N) is 1. The molecule has 1 N–H and O–H groups in total. The van der Waals surface area contributed by atoms with Crippen LogP contribution in [0.2, 0.25) is 0 Å². The van der Waals surface area contributed by atoms with Crippen molar-refractivity contribution in [1.82, 2.24) is 5.43 Å². The molecular weight excluding hydrogens is 324 g/mol. The molecule has 0 aliphatic carbocycles. The van der Waals surface area contributed by atoms with E-state index in [0.29, 0.717) is 22.6 Å². The highest BCUT2D eigenvalue weighted by Gasteiger charge is 2.11. The molecular formula is C14H15BrN2O3. The summed E-state index contributed by atoms with van der Waals surface area (Å²) in [5.74, 6) is 3.26. The third-order valence-corrected chi connectivity index (χ3v) is 2.66. The van der Waals surface area contributed by atoms with Gasteiger partial charge in [0.15, 0.2) is 11.5 Å². The second-order valence-electron chi connectivity index (χ2n) is 3.68. The second kappa shape index (κ2) is 8.23. The van der Waals surface area contributed by atoms with Crippen LogP contribution in [0.1, 0.15) is 19.4 Å². The Morgan fingerprint density at radius 3 is 2.90 bits per heavy atom. The summed E-state index contributed by atoms with van der Waals surface area (Å²) in [5, 5.41) is 3.80. The van der Waals surface area contributed by atoms with E-state index in [0.717, 1.165) is 5.56 Å². The lowest BCUT2D eigenvalue weighted by Gasteiger charge is -2.13. The number of carbonyl (C=O) groups is 1. The van der Waals surface area contributed by atoms with Crippen LogP contribution in [-0.2, 0) is 4.79 Å². The van der Waals surface area contributed by atoms with Crippen molar-refractivity contribution in [1.29, 1.82) is 0 Å². The predicted octanol–water partition coefficient (Wildman–Crippen LogP) is 2.33. The number of halogens is 1. The molecule has 6 heteroatoms. The summed E-state index contributed by atoms with van der Waals surface area (Å²) in [4.78, 5) is 10.7. The molecule has 0 spiro atoms. The average Bonchev–Trinajstić information content (AvgIpc) is 2.38. The molecule has 106 valence electrons. The van der Waals surface area contributed by atoms with Crippen molar-refractivity contribution in [3.63, 3.8) is 0 Å². The van der Waals surface area contributed by atoms with Gasteiger partial charge in [0.1, 0.15) is 6.61 Å². The van der Waals surface area contributed by atoms with E-state index in [1.54, 1.807) is 12.1 Å². The van der Waals surface area contributed by atoms with Crippen molar-refractivity contribution in [3.8, 4) is 23.8 Å². The first kappa shape index (κ1) is 16.1. The number of hydrogen-bond acceptors (Lipinski definition) is 4. The number of nitrogens with zero attached hydrogens (tertiary/aromatic N) is 1. The molecule has 0 saturated heterocycles. The van der Waals surface area contributed by atoms with E-state index < -0.39 is 0 Å². The molecule has 5 nitrogen and oxygen atoms in total. The largest absolute Gasteiger partial charge is 0.490 e. The summed E-state index contributed by atoms with van der Waals surface area (Å²) in [5.41, 5.74) is 3.08. The number of benzene rings is 1. The Morgan fingerprint density at radius 1 is 1.55 bits per heavy atom. The highest BCUT2D eigenvalue weighted by molar-refractivity contribution is 9.10. The highest BCUT2D eigenvalue weighted by Crippen LogP contribution is 2.36. The fourth-order valence-electron chi connectivity index (χ4n) is 1.38. The molecule has 1 aromatic carbocycles. The normalized spacial score (nSPS) is 10.1. The maximum absolute atomic E-state index is 10.7. The molecule has 0 radical (unpaired) electrons. The Bertz CT molecular complexity index is 550. The Morgan fingerprint density at radius 2 is 2.30 bits per heavy atom. The molecule has 0 aliphatic rings. The van der Waals surface area contributed by atoms with Crippen molar-refractivity contribution < 1.29 is 14.3 Å². The van der Waals surface area contributed by atoms with Crippen LogP contribution in [0.5, 0.6) is 11.5 Å². The summed E-state index contributed by atoms with van der Waals surface area (Å²) in [6, 6.07) is 3.55. The van der Waals surface area contributed by atoms with Crippen LogP contribution < -0.4 is 14.9 Å². The van der Waals surface area contributed by atoms with Crippen molar-refractivity contribution in [2.75, 3.05) is 13.2 Å². The average molecular weight is 339 g/mol. The lowest BCUT2D eigenvalue weighted by molar-refractivity contribution is -0.118. The number of terminal acetylenes is 1. The maximum atomic E-state index is 10.7. The first-order chi connectivity index (χ1) is 9.58. The maximum Gasteiger partial charge on any atom is 0.236 e. The Balaban J connectivity index is 3.03. The first-order valence-electron chi connectivity index (χ1n) is 5.90. The van der Waals surface area contributed by atoms with E-state index in [2.05, 4.69) is 32.4 Å². The number of ether oxygens (including phenoxy) is 2. The van der Waals surface area contributed by atoms with Gasteiger partial charge in [-0.1, -0.05) is 5.92 Å². The van der Waals surface area contributed by atoms with Crippen LogP contribution in [0.25, 0.3) is 0 Å². The van der Waals surface area contributed by atoms with Crippen molar-refractivity contribution in [2.24, 2.45) is 5.10 Å². The minimum absolute atomic E-state index is 0.151. The first-order valence-corrected chi connectivity index (χ1v) is 6.70. The molecule has 0 fully saturated rings. The summed E-state index contributed by atoms with van der Waals surface area (Å²) in [7, 11) is 0. The van der Waals surface area contributed by atoms with Crippen LogP contribution in [0, 0.1) is 12.3 Å². The van der Waals surface area contributed by atoms with Gasteiger partial charge in [-0.05, 0) is 40.5 Å². The molecule has 0 saturated carbocycles. The van der Waals surface area contributed by atoms with Gasteiger partial charge in [-0.15, -0.1) is 6.42 Å². The predicted molar refractivity (Wildman–Crippen MR) is 81.0 cm³/mol. The number of amides is 1. The van der Waals surface area contributed by atoms with Crippen molar-refractivity contribution in [3.05, 3.63) is 22.2 Å². The molecule has 20 heavy (non-hydrogen) atoms. The van der Waals surface area contributed by atoms with Gasteiger partial charge in [-0.3, -0.25) is 4.79 Å². The van der Waals surface area contributed by atoms with E-state index in [4.69, 9.17) is 15.9 Å². The van der Waals surface area contributed by atoms with Crippen molar-refractivity contribution in [2.45, 2.75) is 13.8 Å². The van der Waals surface area contributed by atoms with Crippen LogP contribution in [0.4, 0.5) is 0 Å². The zero-order chi connectivity index (χ0) is 15.0. The molecule has 1 rings (SSSR count). The van der Waals surface area contributed by atoms with Gasteiger partial charge in [0.25, 0.3) is 0 Å². The quantitative estimate of drug-likeness (QED) is 0.492. The third kappa shape index (κ3) is 4.94. The summed E-state index contributed by atoms with van der Waals surface area (Å²) < 4.78 is 11.7. The van der Waals surface area contributed by atoms with Gasteiger partial charge in [-0.25, -0.2) is 5.43 Å².